The molecule has 0 atom stereocenters. The third-order valence-electron chi connectivity index (χ3n) is 4.04. The average Bonchev–Trinajstić information content (AvgIpc) is 2.94. The van der Waals surface area contributed by atoms with E-state index in [0.717, 1.165) is 25.7 Å². The van der Waals surface area contributed by atoms with Crippen molar-refractivity contribution >= 4 is 5.91 Å². The maximum atomic E-state index is 13.8. The van der Waals surface area contributed by atoms with E-state index in [1.807, 2.05) is 0 Å². The minimum Gasteiger partial charge on any atom is -0.497 e. The van der Waals surface area contributed by atoms with Gasteiger partial charge in [-0.1, -0.05) is 12.8 Å². The van der Waals surface area contributed by atoms with Crippen LogP contribution in [0, 0.1) is 11.2 Å². The summed E-state index contributed by atoms with van der Waals surface area (Å²) in [5.41, 5.74) is -0.240. The first-order valence-corrected chi connectivity index (χ1v) is 6.83. The maximum Gasteiger partial charge on any atom is 0.254 e. The first-order valence-electron chi connectivity index (χ1n) is 6.83. The number of nitrogens with one attached hydrogen (secondary N) is 1. The lowest BCUT2D eigenvalue weighted by Crippen LogP contribution is -2.38. The first-order chi connectivity index (χ1) is 9.60. The molecule has 1 aromatic rings. The molecule has 4 nitrogen and oxygen atoms in total. The van der Waals surface area contributed by atoms with Gasteiger partial charge in [0.25, 0.3) is 5.91 Å². The Bertz CT molecular complexity index is 484. The third kappa shape index (κ3) is 3.10. The van der Waals surface area contributed by atoms with E-state index in [2.05, 4.69) is 5.32 Å². The van der Waals surface area contributed by atoms with Crippen LogP contribution in [0.3, 0.4) is 0 Å². The number of carbonyl (C=O) groups is 1. The summed E-state index contributed by atoms with van der Waals surface area (Å²) < 4.78 is 18.7. The van der Waals surface area contributed by atoms with Crippen molar-refractivity contribution < 1.29 is 19.0 Å². The smallest absolute Gasteiger partial charge is 0.254 e. The summed E-state index contributed by atoms with van der Waals surface area (Å²) >= 11 is 0. The molecule has 1 aliphatic rings. The van der Waals surface area contributed by atoms with Gasteiger partial charge in [-0.2, -0.15) is 0 Å². The summed E-state index contributed by atoms with van der Waals surface area (Å²) in [5.74, 6) is -0.683. The highest BCUT2D eigenvalue weighted by Crippen LogP contribution is 2.36. The zero-order chi connectivity index (χ0) is 14.6. The molecule has 0 unspecified atom stereocenters. The lowest BCUT2D eigenvalue weighted by Gasteiger charge is -2.26. The zero-order valence-corrected chi connectivity index (χ0v) is 11.6. The number of methoxy groups -OCH3 is 1. The van der Waals surface area contributed by atoms with Crippen molar-refractivity contribution in [2.75, 3.05) is 20.3 Å². The molecule has 1 fully saturated rings. The van der Waals surface area contributed by atoms with Crippen LogP contribution in [0.1, 0.15) is 36.0 Å². The fraction of sp³-hybridized carbons (Fsp3) is 0.533. The number of aliphatic hydroxyl groups is 1. The van der Waals surface area contributed by atoms with Gasteiger partial charge in [-0.25, -0.2) is 4.39 Å². The highest BCUT2D eigenvalue weighted by molar-refractivity contribution is 5.94. The molecule has 1 saturated carbocycles. The molecule has 0 aliphatic heterocycles. The SMILES string of the molecule is COc1ccc(C(=O)NCC2(CO)CCCC2)c(F)c1. The van der Waals surface area contributed by atoms with Crippen LogP contribution in [0.2, 0.25) is 0 Å². The molecule has 1 aliphatic carbocycles. The van der Waals surface area contributed by atoms with E-state index < -0.39 is 11.7 Å². The van der Waals surface area contributed by atoms with Crippen LogP contribution in [0.25, 0.3) is 0 Å². The van der Waals surface area contributed by atoms with Crippen molar-refractivity contribution in [1.29, 1.82) is 0 Å². The number of ether oxygens (including phenoxy) is 1. The number of hydrogen-bond donors (Lipinski definition) is 2. The molecule has 0 bridgehead atoms. The second-order valence-electron chi connectivity index (χ2n) is 5.39. The van der Waals surface area contributed by atoms with Crippen LogP contribution in [0.4, 0.5) is 4.39 Å². The molecule has 0 spiro atoms. The Hall–Kier alpha value is -1.62. The first kappa shape index (κ1) is 14.8. The van der Waals surface area contributed by atoms with Gasteiger partial charge in [-0.3, -0.25) is 4.79 Å². The molecule has 0 heterocycles. The van der Waals surface area contributed by atoms with E-state index in [4.69, 9.17) is 4.74 Å². The Labute approximate surface area is 117 Å². The fourth-order valence-corrected chi connectivity index (χ4v) is 2.69. The van der Waals surface area contributed by atoms with Gasteiger partial charge in [0.1, 0.15) is 11.6 Å². The molecule has 0 saturated heterocycles. The summed E-state index contributed by atoms with van der Waals surface area (Å²) in [6.07, 6.45) is 3.92. The largest absolute Gasteiger partial charge is 0.497 e. The predicted octanol–water partition coefficient (Wildman–Crippen LogP) is 2.12. The monoisotopic (exact) mass is 281 g/mol. The molecule has 2 N–H and O–H groups in total. The summed E-state index contributed by atoms with van der Waals surface area (Å²) in [4.78, 5) is 12.0. The van der Waals surface area contributed by atoms with E-state index in [1.54, 1.807) is 6.07 Å². The summed E-state index contributed by atoms with van der Waals surface area (Å²) in [6.45, 7) is 0.437. The molecule has 1 aromatic carbocycles. The molecule has 2 rings (SSSR count). The number of benzene rings is 1. The van der Waals surface area contributed by atoms with Crippen molar-refractivity contribution in [2.24, 2.45) is 5.41 Å². The number of aliphatic hydroxyl groups excluding tert-OH is 1. The quantitative estimate of drug-likeness (QED) is 0.869. The van der Waals surface area contributed by atoms with Gasteiger partial charge in [-0.15, -0.1) is 0 Å². The van der Waals surface area contributed by atoms with E-state index in [9.17, 15) is 14.3 Å². The Morgan fingerprint density at radius 1 is 1.45 bits per heavy atom. The van der Waals surface area contributed by atoms with Crippen molar-refractivity contribution in [1.82, 2.24) is 5.32 Å². The number of amides is 1. The molecule has 20 heavy (non-hydrogen) atoms. The highest BCUT2D eigenvalue weighted by atomic mass is 19.1. The minimum atomic E-state index is -0.605. The van der Waals surface area contributed by atoms with E-state index in [1.165, 1.54) is 19.2 Å². The lowest BCUT2D eigenvalue weighted by atomic mass is 9.87. The van der Waals surface area contributed by atoms with Crippen molar-refractivity contribution in [2.45, 2.75) is 25.7 Å². The predicted molar refractivity (Wildman–Crippen MR) is 73.3 cm³/mol. The van der Waals surface area contributed by atoms with Gasteiger partial charge < -0.3 is 15.2 Å². The van der Waals surface area contributed by atoms with E-state index in [0.29, 0.717) is 12.3 Å². The van der Waals surface area contributed by atoms with E-state index >= 15 is 0 Å². The minimum absolute atomic E-state index is 0.00288. The second kappa shape index (κ2) is 6.22. The Morgan fingerprint density at radius 3 is 2.70 bits per heavy atom. The van der Waals surface area contributed by atoms with Crippen molar-refractivity contribution in [3.63, 3.8) is 0 Å². The maximum absolute atomic E-state index is 13.8. The standard InChI is InChI=1S/C15H20FNO3/c1-20-11-4-5-12(13(16)8-11)14(19)17-9-15(10-18)6-2-3-7-15/h4-5,8,18H,2-3,6-7,9-10H2,1H3,(H,17,19). The average molecular weight is 281 g/mol. The van der Waals surface area contributed by atoms with Crippen LogP contribution < -0.4 is 10.1 Å². The van der Waals surface area contributed by atoms with Crippen LogP contribution in [-0.2, 0) is 0 Å². The van der Waals surface area contributed by atoms with Gasteiger partial charge in [0.15, 0.2) is 0 Å². The molecular weight excluding hydrogens is 261 g/mol. The number of rotatable bonds is 5. The third-order valence-corrected chi connectivity index (χ3v) is 4.04. The molecule has 5 heteroatoms. The molecule has 1 amide bonds. The van der Waals surface area contributed by atoms with Crippen molar-refractivity contribution in [3.05, 3.63) is 29.6 Å². The normalized spacial score (nSPS) is 16.9. The number of halogens is 1. The van der Waals surface area contributed by atoms with Crippen LogP contribution in [0.15, 0.2) is 18.2 Å². The van der Waals surface area contributed by atoms with Gasteiger partial charge in [0, 0.05) is 18.0 Å². The number of carbonyl (C=O) groups excluding carboxylic acids is 1. The summed E-state index contributed by atoms with van der Waals surface area (Å²) in [5, 5.41) is 12.2. The van der Waals surface area contributed by atoms with Crippen LogP contribution >= 0.6 is 0 Å². The Balaban J connectivity index is 2.01. The topological polar surface area (TPSA) is 58.6 Å². The fourth-order valence-electron chi connectivity index (χ4n) is 2.69. The van der Waals surface area contributed by atoms with Gasteiger partial charge in [-0.05, 0) is 25.0 Å². The van der Waals surface area contributed by atoms with E-state index in [-0.39, 0.29) is 17.6 Å². The Morgan fingerprint density at radius 2 is 2.15 bits per heavy atom. The van der Waals surface area contributed by atoms with Gasteiger partial charge >= 0.3 is 0 Å². The van der Waals surface area contributed by atoms with Crippen molar-refractivity contribution in [3.8, 4) is 5.75 Å². The van der Waals surface area contributed by atoms with Gasteiger partial charge in [0.2, 0.25) is 0 Å². The summed E-state index contributed by atoms with van der Waals surface area (Å²) in [6, 6.07) is 4.14. The molecule has 0 radical (unpaired) electrons. The zero-order valence-electron chi connectivity index (χ0n) is 11.6. The van der Waals surface area contributed by atoms with Crippen LogP contribution in [-0.4, -0.2) is 31.3 Å². The van der Waals surface area contributed by atoms with Gasteiger partial charge in [0.05, 0.1) is 19.3 Å². The molecule has 0 aromatic heterocycles. The Kier molecular flexibility index (Phi) is 4.60. The highest BCUT2D eigenvalue weighted by Gasteiger charge is 2.33. The summed E-state index contributed by atoms with van der Waals surface area (Å²) in [7, 11) is 1.44. The second-order valence-corrected chi connectivity index (χ2v) is 5.39. The number of hydrogen-bond acceptors (Lipinski definition) is 3. The molecular formula is C15H20FNO3. The molecule has 110 valence electrons. The lowest BCUT2D eigenvalue weighted by molar-refractivity contribution is 0.0877. The van der Waals surface area contributed by atoms with Crippen LogP contribution in [0.5, 0.6) is 5.75 Å².